The zero-order valence-electron chi connectivity index (χ0n) is 15.2. The van der Waals surface area contributed by atoms with Gasteiger partial charge >= 0.3 is 11.9 Å². The number of aliphatic carboxylic acids is 1. The fraction of sp³-hybridized carbons (Fsp3) is 0.619. The number of rotatable bonds is 11. The van der Waals surface area contributed by atoms with Crippen LogP contribution in [-0.2, 0) is 9.53 Å². The summed E-state index contributed by atoms with van der Waals surface area (Å²) >= 11 is 0. The third-order valence-corrected chi connectivity index (χ3v) is 5.00. The van der Waals surface area contributed by atoms with Gasteiger partial charge in [-0.25, -0.2) is 4.79 Å². The van der Waals surface area contributed by atoms with E-state index in [1.807, 2.05) is 0 Å². The largest absolute Gasteiger partial charge is 0.481 e. The van der Waals surface area contributed by atoms with Crippen LogP contribution in [0.3, 0.4) is 0 Å². The summed E-state index contributed by atoms with van der Waals surface area (Å²) in [4.78, 5) is 23.8. The Balaban J connectivity index is 1.78. The quantitative estimate of drug-likeness (QED) is 0.435. The molecule has 0 saturated heterocycles. The van der Waals surface area contributed by atoms with Crippen molar-refractivity contribution in [2.75, 3.05) is 0 Å². The summed E-state index contributed by atoms with van der Waals surface area (Å²) in [5, 5.41) is 9.59. The molecule has 1 aromatic carbocycles. The van der Waals surface area contributed by atoms with E-state index >= 15 is 0 Å². The Hall–Kier alpha value is -1.84. The number of unbranched alkanes of at least 4 members (excludes halogenated alkanes) is 8. The van der Waals surface area contributed by atoms with Crippen LogP contribution >= 0.6 is 0 Å². The molecule has 0 saturated carbocycles. The molecule has 2 atom stereocenters. The molecular formula is C21H30O4. The topological polar surface area (TPSA) is 63.6 Å². The summed E-state index contributed by atoms with van der Waals surface area (Å²) in [6.07, 6.45) is 11.0. The molecule has 4 nitrogen and oxygen atoms in total. The lowest BCUT2D eigenvalue weighted by Crippen LogP contribution is -2.36. The summed E-state index contributed by atoms with van der Waals surface area (Å²) < 4.78 is 5.44. The maximum atomic E-state index is 12.1. The van der Waals surface area contributed by atoms with E-state index in [1.165, 1.54) is 44.9 Å². The maximum absolute atomic E-state index is 12.1. The Morgan fingerprint density at radius 2 is 1.60 bits per heavy atom. The van der Waals surface area contributed by atoms with Gasteiger partial charge in [-0.3, -0.25) is 4.79 Å². The van der Waals surface area contributed by atoms with Gasteiger partial charge in [0, 0.05) is 0 Å². The molecular weight excluding hydrogens is 316 g/mol. The number of carboxylic acids is 1. The minimum Gasteiger partial charge on any atom is -0.481 e. The van der Waals surface area contributed by atoms with Crippen LogP contribution in [0.2, 0.25) is 0 Å². The second-order valence-corrected chi connectivity index (χ2v) is 6.96. The second kappa shape index (κ2) is 10.2. The van der Waals surface area contributed by atoms with Crippen LogP contribution < -0.4 is 0 Å². The van der Waals surface area contributed by atoms with Crippen LogP contribution in [0.5, 0.6) is 0 Å². The lowest BCUT2D eigenvalue weighted by atomic mass is 9.85. The maximum Gasteiger partial charge on any atom is 0.338 e. The predicted octanol–water partition coefficient (Wildman–Crippen LogP) is 5.31. The Labute approximate surface area is 150 Å². The highest BCUT2D eigenvalue weighted by atomic mass is 16.5. The average molecular weight is 346 g/mol. The van der Waals surface area contributed by atoms with Gasteiger partial charge in [0.2, 0.25) is 0 Å². The van der Waals surface area contributed by atoms with E-state index in [0.29, 0.717) is 17.5 Å². The molecule has 1 aliphatic rings. The van der Waals surface area contributed by atoms with Crippen LogP contribution in [0.4, 0.5) is 0 Å². The molecule has 2 rings (SSSR count). The zero-order valence-corrected chi connectivity index (χ0v) is 15.2. The summed E-state index contributed by atoms with van der Waals surface area (Å²) in [7, 11) is 0. The van der Waals surface area contributed by atoms with E-state index in [2.05, 4.69) is 6.92 Å². The van der Waals surface area contributed by atoms with Gasteiger partial charge in [-0.15, -0.1) is 0 Å². The molecule has 0 aromatic heterocycles. The summed E-state index contributed by atoms with van der Waals surface area (Å²) in [5.41, 5.74) is 0.977. The van der Waals surface area contributed by atoms with Crippen molar-refractivity contribution >= 4 is 11.9 Å². The van der Waals surface area contributed by atoms with Crippen molar-refractivity contribution in [2.24, 2.45) is 0 Å². The number of benzene rings is 1. The smallest absolute Gasteiger partial charge is 0.338 e. The molecule has 1 heterocycles. The van der Waals surface area contributed by atoms with Crippen molar-refractivity contribution in [1.29, 1.82) is 0 Å². The van der Waals surface area contributed by atoms with Crippen LogP contribution in [0, 0.1) is 0 Å². The van der Waals surface area contributed by atoms with Crippen LogP contribution in [0.1, 0.15) is 93.0 Å². The summed E-state index contributed by atoms with van der Waals surface area (Å²) in [5.74, 6) is -2.06. The second-order valence-electron chi connectivity index (χ2n) is 6.96. The third-order valence-electron chi connectivity index (χ3n) is 5.00. The first-order valence-corrected chi connectivity index (χ1v) is 9.68. The predicted molar refractivity (Wildman–Crippen MR) is 97.9 cm³/mol. The van der Waals surface area contributed by atoms with Crippen molar-refractivity contribution in [1.82, 2.24) is 0 Å². The monoisotopic (exact) mass is 346 g/mol. The zero-order chi connectivity index (χ0) is 18.1. The Morgan fingerprint density at radius 1 is 1.00 bits per heavy atom. The van der Waals surface area contributed by atoms with Crippen LogP contribution in [0.15, 0.2) is 24.3 Å². The number of ether oxygens (including phenoxy) is 1. The Morgan fingerprint density at radius 3 is 2.24 bits per heavy atom. The van der Waals surface area contributed by atoms with Crippen molar-refractivity contribution in [3.05, 3.63) is 35.4 Å². The molecule has 0 aliphatic carbocycles. The molecule has 0 radical (unpaired) electrons. The van der Waals surface area contributed by atoms with Crippen molar-refractivity contribution in [3.63, 3.8) is 0 Å². The fourth-order valence-corrected chi connectivity index (χ4v) is 3.60. The standard InChI is InChI=1S/C21H30O4/c1-2-3-4-5-6-7-8-9-10-15-18-19(20(22)23)16-13-11-12-14-17(16)21(24)25-18/h11-14,18-19H,2-10,15H2,1H3,(H,22,23)/t18-,19+/m0/s1. The van der Waals surface area contributed by atoms with E-state index in [9.17, 15) is 14.7 Å². The SMILES string of the molecule is CCCCCCCCCCC[C@@H]1OC(=O)c2ccccc2[C@H]1C(=O)O. The first kappa shape index (κ1) is 19.5. The van der Waals surface area contributed by atoms with Crippen LogP contribution in [0.25, 0.3) is 0 Å². The third kappa shape index (κ3) is 5.58. The van der Waals surface area contributed by atoms with Crippen molar-refractivity contribution in [3.8, 4) is 0 Å². The first-order valence-electron chi connectivity index (χ1n) is 9.68. The Kier molecular flexibility index (Phi) is 7.96. The van der Waals surface area contributed by atoms with E-state index in [-0.39, 0.29) is 0 Å². The van der Waals surface area contributed by atoms with Crippen molar-refractivity contribution in [2.45, 2.75) is 83.2 Å². The summed E-state index contributed by atoms with van der Waals surface area (Å²) in [6, 6.07) is 6.89. The minimum atomic E-state index is -0.916. The number of carbonyl (C=O) groups is 2. The highest BCUT2D eigenvalue weighted by Crippen LogP contribution is 2.34. The Bertz CT molecular complexity index is 567. The fourth-order valence-electron chi connectivity index (χ4n) is 3.60. The number of esters is 1. The van der Waals surface area contributed by atoms with Crippen molar-refractivity contribution < 1.29 is 19.4 Å². The number of hydrogen-bond donors (Lipinski definition) is 1. The van der Waals surface area contributed by atoms with E-state index in [1.54, 1.807) is 24.3 Å². The van der Waals surface area contributed by atoms with Gasteiger partial charge in [-0.1, -0.05) is 76.5 Å². The highest BCUT2D eigenvalue weighted by Gasteiger charge is 2.39. The minimum absolute atomic E-state index is 0.387. The molecule has 0 bridgehead atoms. The lowest BCUT2D eigenvalue weighted by molar-refractivity contribution is -0.142. The van der Waals surface area contributed by atoms with Gasteiger partial charge < -0.3 is 9.84 Å². The molecule has 1 aliphatic heterocycles. The van der Waals surface area contributed by atoms with Gasteiger partial charge in [-0.2, -0.15) is 0 Å². The average Bonchev–Trinajstić information content (AvgIpc) is 2.60. The van der Waals surface area contributed by atoms with Crippen LogP contribution in [-0.4, -0.2) is 23.1 Å². The molecule has 0 unspecified atom stereocenters. The number of cyclic esters (lactones) is 1. The van der Waals surface area contributed by atoms with Gasteiger partial charge in [0.15, 0.2) is 0 Å². The van der Waals surface area contributed by atoms with Gasteiger partial charge in [0.1, 0.15) is 12.0 Å². The summed E-state index contributed by atoms with van der Waals surface area (Å²) in [6.45, 7) is 2.22. The number of carbonyl (C=O) groups excluding carboxylic acids is 1. The molecule has 1 aromatic rings. The molecule has 4 heteroatoms. The molecule has 0 fully saturated rings. The number of carboxylic acid groups (broad SMARTS) is 1. The van der Waals surface area contributed by atoms with E-state index < -0.39 is 24.0 Å². The van der Waals surface area contributed by atoms with Gasteiger partial charge in [-0.05, 0) is 24.5 Å². The number of hydrogen-bond acceptors (Lipinski definition) is 3. The lowest BCUT2D eigenvalue weighted by Gasteiger charge is -2.30. The first-order chi connectivity index (χ1) is 12.1. The normalized spacial score (nSPS) is 19.3. The van der Waals surface area contributed by atoms with Gasteiger partial charge in [0.25, 0.3) is 0 Å². The van der Waals surface area contributed by atoms with E-state index in [4.69, 9.17) is 4.74 Å². The highest BCUT2D eigenvalue weighted by molar-refractivity contribution is 5.95. The molecule has 138 valence electrons. The molecule has 25 heavy (non-hydrogen) atoms. The molecule has 0 spiro atoms. The van der Waals surface area contributed by atoms with Gasteiger partial charge in [0.05, 0.1) is 5.56 Å². The van der Waals surface area contributed by atoms with E-state index in [0.717, 1.165) is 12.8 Å². The molecule has 0 amide bonds. The number of fused-ring (bicyclic) bond motifs is 1. The molecule has 1 N–H and O–H groups in total.